The first kappa shape index (κ1) is 20.2. The molecule has 0 bridgehead atoms. The average Bonchev–Trinajstić information content (AvgIpc) is 3.16. The Kier molecular flexibility index (Phi) is 5.36. The van der Waals surface area contributed by atoms with Crippen LogP contribution in [0.1, 0.15) is 52.3 Å². The zero-order valence-corrected chi connectivity index (χ0v) is 17.2. The molecule has 0 aliphatic carbocycles. The lowest BCUT2D eigenvalue weighted by Gasteiger charge is -2.30. The summed E-state index contributed by atoms with van der Waals surface area (Å²) in [6, 6.07) is 0.0748. The van der Waals surface area contributed by atoms with Gasteiger partial charge in [0.05, 0.1) is 12.5 Å². The number of aromatic amines is 1. The van der Waals surface area contributed by atoms with Crippen molar-refractivity contribution in [2.75, 3.05) is 18.4 Å². The first-order chi connectivity index (χ1) is 13.0. The lowest BCUT2D eigenvalue weighted by atomic mass is 10.1. The quantitative estimate of drug-likeness (QED) is 0.818. The molecular weight excluding hydrogens is 362 g/mol. The summed E-state index contributed by atoms with van der Waals surface area (Å²) in [5.41, 5.74) is 1.12. The van der Waals surface area contributed by atoms with Crippen molar-refractivity contribution >= 4 is 23.7 Å². The van der Waals surface area contributed by atoms with Gasteiger partial charge in [0, 0.05) is 43.2 Å². The number of likely N-dealkylation sites (tertiary alicyclic amines) is 1. The van der Waals surface area contributed by atoms with E-state index in [4.69, 9.17) is 4.74 Å². The van der Waals surface area contributed by atoms with Gasteiger partial charge in [0.15, 0.2) is 5.82 Å². The number of hydrogen-bond acceptors (Lipinski definition) is 5. The molecule has 1 unspecified atom stereocenters. The third-order valence-electron chi connectivity index (χ3n) is 4.98. The second kappa shape index (κ2) is 7.44. The lowest BCUT2D eigenvalue weighted by Crippen LogP contribution is -2.40. The number of nitrogens with one attached hydrogen (secondary N) is 2. The molecule has 2 aliphatic rings. The highest BCUT2D eigenvalue weighted by Gasteiger charge is 2.36. The number of carbonyl (C=O) groups is 3. The third kappa shape index (κ3) is 4.28. The molecule has 0 saturated carbocycles. The molecule has 1 aromatic rings. The van der Waals surface area contributed by atoms with E-state index in [2.05, 4.69) is 15.5 Å². The highest BCUT2D eigenvalue weighted by molar-refractivity contribution is 5.97. The van der Waals surface area contributed by atoms with Crippen molar-refractivity contribution in [1.82, 2.24) is 20.0 Å². The molecule has 0 radical (unpaired) electrons. The van der Waals surface area contributed by atoms with Crippen molar-refractivity contribution < 1.29 is 19.1 Å². The van der Waals surface area contributed by atoms with Gasteiger partial charge in [0.1, 0.15) is 5.60 Å². The molecule has 2 N–H and O–H groups in total. The molecule has 3 amide bonds. The smallest absolute Gasteiger partial charge is 0.410 e. The molecule has 1 fully saturated rings. The van der Waals surface area contributed by atoms with Crippen LogP contribution in [-0.2, 0) is 27.3 Å². The number of fused-ring (bicyclic) bond motifs is 1. The predicted molar refractivity (Wildman–Crippen MR) is 103 cm³/mol. The summed E-state index contributed by atoms with van der Waals surface area (Å²) in [5, 5.41) is 10.0. The topological polar surface area (TPSA) is 108 Å². The van der Waals surface area contributed by atoms with Crippen molar-refractivity contribution in [3.05, 3.63) is 11.3 Å². The molecule has 1 atom stereocenters. The summed E-state index contributed by atoms with van der Waals surface area (Å²) in [5.74, 6) is -0.202. The number of hydrogen-bond donors (Lipinski definition) is 2. The van der Waals surface area contributed by atoms with E-state index in [-0.39, 0.29) is 30.4 Å². The normalized spacial score (nSPS) is 19.8. The summed E-state index contributed by atoms with van der Waals surface area (Å²) in [6.45, 7) is 10.6. The summed E-state index contributed by atoms with van der Waals surface area (Å²) in [7, 11) is 0. The van der Waals surface area contributed by atoms with E-state index in [9.17, 15) is 14.4 Å². The molecule has 3 rings (SSSR count). The Morgan fingerprint density at radius 2 is 2.04 bits per heavy atom. The summed E-state index contributed by atoms with van der Waals surface area (Å²) in [6.07, 6.45) is 0.437. The zero-order chi connectivity index (χ0) is 20.6. The number of H-pyrrole nitrogens is 1. The molecule has 9 nitrogen and oxygen atoms in total. The molecule has 3 heterocycles. The van der Waals surface area contributed by atoms with Crippen LogP contribution in [0.2, 0.25) is 0 Å². The van der Waals surface area contributed by atoms with E-state index in [1.807, 2.05) is 34.6 Å². The van der Waals surface area contributed by atoms with Gasteiger partial charge in [-0.25, -0.2) is 4.79 Å². The van der Waals surface area contributed by atoms with E-state index in [0.29, 0.717) is 31.9 Å². The van der Waals surface area contributed by atoms with E-state index in [1.165, 1.54) is 0 Å². The van der Waals surface area contributed by atoms with Crippen LogP contribution in [0.5, 0.6) is 0 Å². The van der Waals surface area contributed by atoms with Crippen LogP contribution >= 0.6 is 0 Å². The van der Waals surface area contributed by atoms with E-state index < -0.39 is 11.5 Å². The number of rotatable bonds is 3. The maximum absolute atomic E-state index is 12.7. The Balaban J connectivity index is 1.67. The minimum atomic E-state index is -0.567. The Hall–Kier alpha value is -2.58. The number of aromatic nitrogens is 2. The number of carbonyl (C=O) groups excluding carboxylic acids is 3. The van der Waals surface area contributed by atoms with E-state index in [1.54, 1.807) is 9.80 Å². The maximum atomic E-state index is 12.7. The van der Waals surface area contributed by atoms with Crippen molar-refractivity contribution in [2.24, 2.45) is 5.92 Å². The van der Waals surface area contributed by atoms with Crippen molar-refractivity contribution in [2.45, 2.75) is 65.6 Å². The van der Waals surface area contributed by atoms with Gasteiger partial charge < -0.3 is 19.9 Å². The van der Waals surface area contributed by atoms with Gasteiger partial charge >= 0.3 is 6.09 Å². The Morgan fingerprint density at radius 1 is 1.32 bits per heavy atom. The molecule has 1 saturated heterocycles. The molecule has 0 aromatic carbocycles. The predicted octanol–water partition coefficient (Wildman–Crippen LogP) is 1.90. The Morgan fingerprint density at radius 3 is 2.64 bits per heavy atom. The number of amides is 3. The monoisotopic (exact) mass is 391 g/mol. The molecule has 2 aliphatic heterocycles. The molecule has 28 heavy (non-hydrogen) atoms. The Labute approximate surface area is 164 Å². The van der Waals surface area contributed by atoms with Gasteiger partial charge in [-0.15, -0.1) is 0 Å². The largest absolute Gasteiger partial charge is 0.444 e. The molecule has 1 aromatic heterocycles. The minimum Gasteiger partial charge on any atom is -0.444 e. The van der Waals surface area contributed by atoms with Crippen LogP contribution < -0.4 is 5.32 Å². The van der Waals surface area contributed by atoms with Crippen molar-refractivity contribution in [3.8, 4) is 0 Å². The summed E-state index contributed by atoms with van der Waals surface area (Å²) < 4.78 is 5.44. The molecular formula is C19H29N5O4. The fourth-order valence-corrected chi connectivity index (χ4v) is 3.51. The van der Waals surface area contributed by atoms with Crippen molar-refractivity contribution in [3.63, 3.8) is 0 Å². The SMILES string of the molecule is CC(C)N1CC(C(=O)Nc2n[nH]c3c2CN(C(=O)OC(C)(C)C)CC3)CC1=O. The van der Waals surface area contributed by atoms with Gasteiger partial charge in [0.25, 0.3) is 0 Å². The number of ether oxygens (including phenoxy) is 1. The van der Waals surface area contributed by atoms with Crippen LogP contribution in [-0.4, -0.2) is 62.6 Å². The number of anilines is 1. The zero-order valence-electron chi connectivity index (χ0n) is 17.2. The van der Waals surface area contributed by atoms with Crippen LogP contribution in [0.3, 0.4) is 0 Å². The molecule has 9 heteroatoms. The molecule has 0 spiro atoms. The summed E-state index contributed by atoms with van der Waals surface area (Å²) in [4.78, 5) is 40.4. The van der Waals surface area contributed by atoms with Gasteiger partial charge in [-0.1, -0.05) is 0 Å². The summed E-state index contributed by atoms with van der Waals surface area (Å²) >= 11 is 0. The van der Waals surface area contributed by atoms with Crippen LogP contribution in [0.4, 0.5) is 10.6 Å². The van der Waals surface area contributed by atoms with Gasteiger partial charge in [-0.2, -0.15) is 5.10 Å². The van der Waals surface area contributed by atoms with Gasteiger partial charge in [-0.3, -0.25) is 14.7 Å². The highest BCUT2D eigenvalue weighted by atomic mass is 16.6. The lowest BCUT2D eigenvalue weighted by molar-refractivity contribution is -0.129. The maximum Gasteiger partial charge on any atom is 0.410 e. The van der Waals surface area contributed by atoms with Crippen LogP contribution in [0, 0.1) is 5.92 Å². The average molecular weight is 391 g/mol. The van der Waals surface area contributed by atoms with Gasteiger partial charge in [0.2, 0.25) is 11.8 Å². The second-order valence-corrected chi connectivity index (χ2v) is 8.71. The van der Waals surface area contributed by atoms with Crippen molar-refractivity contribution in [1.29, 1.82) is 0 Å². The van der Waals surface area contributed by atoms with Crippen LogP contribution in [0.25, 0.3) is 0 Å². The fourth-order valence-electron chi connectivity index (χ4n) is 3.51. The standard InChI is InChI=1S/C19H29N5O4/c1-11(2)24-9-12(8-15(24)25)17(26)20-16-13-10-23(7-6-14(13)21-22-16)18(27)28-19(3,4)5/h11-12H,6-10H2,1-5H3,(H2,20,21,22,26). The second-order valence-electron chi connectivity index (χ2n) is 8.71. The number of nitrogens with zero attached hydrogens (tertiary/aromatic N) is 3. The highest BCUT2D eigenvalue weighted by Crippen LogP contribution is 2.27. The van der Waals surface area contributed by atoms with Crippen LogP contribution in [0.15, 0.2) is 0 Å². The minimum absolute atomic E-state index is 0.00434. The fraction of sp³-hybridized carbons (Fsp3) is 0.684. The first-order valence-corrected chi connectivity index (χ1v) is 9.69. The third-order valence-corrected chi connectivity index (χ3v) is 4.98. The Bertz CT molecular complexity index is 780. The first-order valence-electron chi connectivity index (χ1n) is 9.69. The van der Waals surface area contributed by atoms with E-state index in [0.717, 1.165) is 11.3 Å². The molecule has 154 valence electrons. The van der Waals surface area contributed by atoms with E-state index >= 15 is 0 Å². The van der Waals surface area contributed by atoms with Gasteiger partial charge in [-0.05, 0) is 34.6 Å².